The highest BCUT2D eigenvalue weighted by atomic mass is 16.5. The van der Waals surface area contributed by atoms with E-state index >= 15 is 0 Å². The Morgan fingerprint density at radius 2 is 2.35 bits per heavy atom. The van der Waals surface area contributed by atoms with Crippen LogP contribution in [0.15, 0.2) is 0 Å². The fraction of sp³-hybridized carbons (Fsp3) is 0.818. The molecule has 1 amide bonds. The first-order valence-electron chi connectivity index (χ1n) is 5.87. The van der Waals surface area contributed by atoms with Gasteiger partial charge in [0.1, 0.15) is 0 Å². The molecule has 0 bridgehead atoms. The molecule has 1 saturated heterocycles. The van der Waals surface area contributed by atoms with E-state index in [2.05, 4.69) is 15.4 Å². The number of methoxy groups -OCH3 is 1. The molecule has 0 saturated carbocycles. The minimum atomic E-state index is -0.249. The van der Waals surface area contributed by atoms with Crippen LogP contribution in [0, 0.1) is 0 Å². The lowest BCUT2D eigenvalue weighted by atomic mass is 10.2. The number of esters is 1. The van der Waals surface area contributed by atoms with E-state index in [1.165, 1.54) is 7.11 Å². The number of rotatable bonds is 6. The summed E-state index contributed by atoms with van der Waals surface area (Å²) in [6, 6.07) is 0.101. The molecule has 1 aliphatic rings. The summed E-state index contributed by atoms with van der Waals surface area (Å²) in [6.45, 7) is 2.58. The SMILES string of the molecule is COC(=O)CCCNC(=O)CC1COCCN1. The van der Waals surface area contributed by atoms with Gasteiger partial charge in [0.05, 0.1) is 20.3 Å². The van der Waals surface area contributed by atoms with Crippen molar-refractivity contribution >= 4 is 11.9 Å². The molecule has 0 aliphatic carbocycles. The van der Waals surface area contributed by atoms with E-state index in [-0.39, 0.29) is 17.9 Å². The second-order valence-electron chi connectivity index (χ2n) is 3.96. The Morgan fingerprint density at radius 1 is 1.53 bits per heavy atom. The molecule has 0 aromatic rings. The van der Waals surface area contributed by atoms with Gasteiger partial charge in [-0.3, -0.25) is 9.59 Å². The second-order valence-corrected chi connectivity index (χ2v) is 3.96. The van der Waals surface area contributed by atoms with Gasteiger partial charge in [-0.15, -0.1) is 0 Å². The molecule has 98 valence electrons. The molecule has 2 N–H and O–H groups in total. The molecular weight excluding hydrogens is 224 g/mol. The van der Waals surface area contributed by atoms with Crippen LogP contribution in [-0.2, 0) is 19.1 Å². The number of morpholine rings is 1. The molecule has 1 atom stereocenters. The van der Waals surface area contributed by atoms with Gasteiger partial charge < -0.3 is 20.1 Å². The summed E-state index contributed by atoms with van der Waals surface area (Å²) >= 11 is 0. The molecular formula is C11H20N2O4. The number of amides is 1. The van der Waals surface area contributed by atoms with Crippen LogP contribution >= 0.6 is 0 Å². The third kappa shape index (κ3) is 6.23. The van der Waals surface area contributed by atoms with E-state index in [0.717, 1.165) is 6.54 Å². The van der Waals surface area contributed by atoms with Gasteiger partial charge in [0.2, 0.25) is 5.91 Å². The first kappa shape index (κ1) is 13.9. The van der Waals surface area contributed by atoms with Crippen LogP contribution in [0.4, 0.5) is 0 Å². The lowest BCUT2D eigenvalue weighted by molar-refractivity contribution is -0.140. The molecule has 0 aromatic carbocycles. The normalized spacial score (nSPS) is 19.7. The van der Waals surface area contributed by atoms with E-state index < -0.39 is 0 Å². The molecule has 0 aromatic heterocycles. The average Bonchev–Trinajstić information content (AvgIpc) is 2.35. The predicted octanol–water partition coefficient (Wildman–Crippen LogP) is -0.566. The van der Waals surface area contributed by atoms with Gasteiger partial charge in [-0.25, -0.2) is 0 Å². The lowest BCUT2D eigenvalue weighted by Gasteiger charge is -2.23. The van der Waals surface area contributed by atoms with Crippen molar-refractivity contribution in [3.63, 3.8) is 0 Å². The molecule has 0 radical (unpaired) electrons. The van der Waals surface area contributed by atoms with Crippen molar-refractivity contribution < 1.29 is 19.1 Å². The van der Waals surface area contributed by atoms with Crippen molar-refractivity contribution in [3.8, 4) is 0 Å². The molecule has 1 aliphatic heterocycles. The Bertz CT molecular complexity index is 252. The zero-order valence-electron chi connectivity index (χ0n) is 10.2. The summed E-state index contributed by atoms with van der Waals surface area (Å²) in [7, 11) is 1.36. The van der Waals surface area contributed by atoms with Crippen LogP contribution in [0.5, 0.6) is 0 Å². The average molecular weight is 244 g/mol. The first-order chi connectivity index (χ1) is 8.22. The Balaban J connectivity index is 2.02. The maximum absolute atomic E-state index is 11.5. The van der Waals surface area contributed by atoms with E-state index in [4.69, 9.17) is 4.74 Å². The molecule has 6 heteroatoms. The second kappa shape index (κ2) is 8.03. The van der Waals surface area contributed by atoms with Crippen molar-refractivity contribution in [2.75, 3.05) is 33.4 Å². The Kier molecular flexibility index (Phi) is 6.57. The van der Waals surface area contributed by atoms with Gasteiger partial charge in [0.15, 0.2) is 0 Å². The minimum Gasteiger partial charge on any atom is -0.469 e. The molecule has 1 unspecified atom stereocenters. The summed E-state index contributed by atoms with van der Waals surface area (Å²) in [6.07, 6.45) is 1.35. The number of ether oxygens (including phenoxy) is 2. The van der Waals surface area contributed by atoms with E-state index in [0.29, 0.717) is 39.0 Å². The quantitative estimate of drug-likeness (QED) is 0.483. The van der Waals surface area contributed by atoms with Crippen LogP contribution in [0.2, 0.25) is 0 Å². The zero-order valence-corrected chi connectivity index (χ0v) is 10.2. The summed E-state index contributed by atoms with van der Waals surface area (Å²) < 4.78 is 9.75. The number of carbonyl (C=O) groups excluding carboxylic acids is 2. The molecule has 1 fully saturated rings. The summed E-state index contributed by atoms with van der Waals surface area (Å²) in [4.78, 5) is 22.3. The van der Waals surface area contributed by atoms with Gasteiger partial charge in [0, 0.05) is 32.0 Å². The Labute approximate surface area is 101 Å². The maximum Gasteiger partial charge on any atom is 0.305 e. The van der Waals surface area contributed by atoms with Crippen LogP contribution in [-0.4, -0.2) is 51.3 Å². The standard InChI is InChI=1S/C11H20N2O4/c1-16-11(15)3-2-4-13-10(14)7-9-8-17-6-5-12-9/h9,12H,2-8H2,1H3,(H,13,14). The minimum absolute atomic E-state index is 0.0159. The first-order valence-corrected chi connectivity index (χ1v) is 5.87. The third-order valence-electron chi connectivity index (χ3n) is 2.54. The van der Waals surface area contributed by atoms with Gasteiger partial charge in [-0.05, 0) is 6.42 Å². The van der Waals surface area contributed by atoms with E-state index in [1.54, 1.807) is 0 Å². The summed E-state index contributed by atoms with van der Waals surface area (Å²) in [5, 5.41) is 5.97. The lowest BCUT2D eigenvalue weighted by Crippen LogP contribution is -2.44. The number of carbonyl (C=O) groups is 2. The highest BCUT2D eigenvalue weighted by Crippen LogP contribution is 1.98. The molecule has 1 heterocycles. The highest BCUT2D eigenvalue weighted by Gasteiger charge is 2.16. The largest absolute Gasteiger partial charge is 0.469 e. The van der Waals surface area contributed by atoms with Crippen molar-refractivity contribution in [1.82, 2.24) is 10.6 Å². The molecule has 1 rings (SSSR count). The van der Waals surface area contributed by atoms with E-state index in [1.807, 2.05) is 0 Å². The smallest absolute Gasteiger partial charge is 0.305 e. The third-order valence-corrected chi connectivity index (χ3v) is 2.54. The van der Waals surface area contributed by atoms with Crippen LogP contribution in [0.25, 0.3) is 0 Å². The van der Waals surface area contributed by atoms with Crippen molar-refractivity contribution in [2.45, 2.75) is 25.3 Å². The monoisotopic (exact) mass is 244 g/mol. The molecule has 6 nitrogen and oxygen atoms in total. The number of hydrogen-bond donors (Lipinski definition) is 2. The fourth-order valence-corrected chi connectivity index (χ4v) is 1.61. The zero-order chi connectivity index (χ0) is 12.5. The van der Waals surface area contributed by atoms with Gasteiger partial charge in [-0.2, -0.15) is 0 Å². The summed E-state index contributed by atoms with van der Waals surface area (Å²) in [5.74, 6) is -0.264. The topological polar surface area (TPSA) is 76.7 Å². The Morgan fingerprint density at radius 3 is 3.00 bits per heavy atom. The van der Waals surface area contributed by atoms with Crippen LogP contribution in [0.3, 0.4) is 0 Å². The molecule has 17 heavy (non-hydrogen) atoms. The maximum atomic E-state index is 11.5. The van der Waals surface area contributed by atoms with Crippen LogP contribution in [0.1, 0.15) is 19.3 Å². The van der Waals surface area contributed by atoms with Crippen molar-refractivity contribution in [1.29, 1.82) is 0 Å². The summed E-state index contributed by atoms with van der Waals surface area (Å²) in [5.41, 5.74) is 0. The van der Waals surface area contributed by atoms with Crippen molar-refractivity contribution in [3.05, 3.63) is 0 Å². The van der Waals surface area contributed by atoms with Gasteiger partial charge in [0.25, 0.3) is 0 Å². The van der Waals surface area contributed by atoms with Gasteiger partial charge in [-0.1, -0.05) is 0 Å². The predicted molar refractivity (Wildman–Crippen MR) is 61.5 cm³/mol. The van der Waals surface area contributed by atoms with E-state index in [9.17, 15) is 9.59 Å². The number of nitrogens with one attached hydrogen (secondary N) is 2. The fourth-order valence-electron chi connectivity index (χ4n) is 1.61. The number of hydrogen-bond acceptors (Lipinski definition) is 5. The van der Waals surface area contributed by atoms with Crippen molar-refractivity contribution in [2.24, 2.45) is 0 Å². The molecule has 0 spiro atoms. The highest BCUT2D eigenvalue weighted by molar-refractivity contribution is 5.76. The van der Waals surface area contributed by atoms with Crippen LogP contribution < -0.4 is 10.6 Å². The van der Waals surface area contributed by atoms with Gasteiger partial charge >= 0.3 is 5.97 Å². The Hall–Kier alpha value is -1.14.